The topological polar surface area (TPSA) is 73.6 Å². The van der Waals surface area contributed by atoms with Crippen LogP contribution in [0.3, 0.4) is 0 Å². The van der Waals surface area contributed by atoms with E-state index >= 15 is 0 Å². The van der Waals surface area contributed by atoms with Crippen molar-refractivity contribution < 1.29 is 14.3 Å². The number of ether oxygens (including phenoxy) is 2. The van der Waals surface area contributed by atoms with Gasteiger partial charge in [-0.15, -0.1) is 0 Å². The Bertz CT molecular complexity index is 396. The second-order valence-corrected chi connectivity index (χ2v) is 4.03. The molecule has 0 saturated carbocycles. The zero-order chi connectivity index (χ0) is 14.1. The summed E-state index contributed by atoms with van der Waals surface area (Å²) in [7, 11) is 0. The van der Waals surface area contributed by atoms with Crippen LogP contribution in [0.25, 0.3) is 0 Å². The van der Waals surface area contributed by atoms with Crippen molar-refractivity contribution in [3.63, 3.8) is 0 Å². The van der Waals surface area contributed by atoms with E-state index in [0.29, 0.717) is 37.7 Å². The second-order valence-electron chi connectivity index (χ2n) is 4.03. The Hall–Kier alpha value is -1.75. The lowest BCUT2D eigenvalue weighted by Gasteiger charge is -2.15. The Morgan fingerprint density at radius 3 is 2.42 bits per heavy atom. The number of likely N-dealkylation sites (N-methyl/N-ethyl adjacent to an activating group) is 1. The summed E-state index contributed by atoms with van der Waals surface area (Å²) in [4.78, 5) is 11.2. The summed E-state index contributed by atoms with van der Waals surface area (Å²) in [6.45, 7) is 5.54. The van der Waals surface area contributed by atoms with Crippen molar-refractivity contribution in [2.24, 2.45) is 5.73 Å². The van der Waals surface area contributed by atoms with Gasteiger partial charge in [-0.25, -0.2) is 0 Å². The lowest BCUT2D eigenvalue weighted by atomic mass is 10.2. The summed E-state index contributed by atoms with van der Waals surface area (Å²) < 4.78 is 11.1. The van der Waals surface area contributed by atoms with Gasteiger partial charge in [0.05, 0.1) is 19.3 Å². The van der Waals surface area contributed by atoms with Gasteiger partial charge < -0.3 is 20.5 Å². The predicted molar refractivity (Wildman–Crippen MR) is 74.4 cm³/mol. The maximum absolute atomic E-state index is 11.2. The first-order valence-corrected chi connectivity index (χ1v) is 6.56. The fourth-order valence-corrected chi connectivity index (χ4v) is 1.72. The number of amides is 1. The lowest BCUT2D eigenvalue weighted by molar-refractivity contribution is -0.120. The number of nitrogens with one attached hydrogen (secondary N) is 1. The minimum Gasteiger partial charge on any atom is -0.490 e. The molecule has 0 saturated heterocycles. The molecule has 0 radical (unpaired) electrons. The molecule has 1 atom stereocenters. The molecule has 0 aliphatic carbocycles. The summed E-state index contributed by atoms with van der Waals surface area (Å²) in [5.74, 6) is 1.04. The van der Waals surface area contributed by atoms with Crippen LogP contribution < -0.4 is 20.5 Å². The monoisotopic (exact) mass is 266 g/mol. The Morgan fingerprint density at radius 2 is 1.89 bits per heavy atom. The fraction of sp³-hybridized carbons (Fsp3) is 0.500. The van der Waals surface area contributed by atoms with Crippen molar-refractivity contribution in [2.75, 3.05) is 19.8 Å². The van der Waals surface area contributed by atoms with Crippen LogP contribution in [0.1, 0.15) is 20.3 Å². The van der Waals surface area contributed by atoms with E-state index in [1.807, 2.05) is 38.1 Å². The minimum atomic E-state index is -0.358. The third-order valence-electron chi connectivity index (χ3n) is 2.61. The molecule has 1 unspecified atom stereocenters. The van der Waals surface area contributed by atoms with Gasteiger partial charge in [-0.3, -0.25) is 4.79 Å². The van der Waals surface area contributed by atoms with E-state index in [9.17, 15) is 4.79 Å². The van der Waals surface area contributed by atoms with Crippen LogP contribution >= 0.6 is 0 Å². The van der Waals surface area contributed by atoms with Gasteiger partial charge in [0.25, 0.3) is 0 Å². The average Bonchev–Trinajstić information content (AvgIpc) is 2.40. The highest BCUT2D eigenvalue weighted by Crippen LogP contribution is 2.26. The molecule has 0 heterocycles. The number of hydrogen-bond acceptors (Lipinski definition) is 4. The fourth-order valence-electron chi connectivity index (χ4n) is 1.72. The number of nitrogens with two attached hydrogens (primary N) is 1. The van der Waals surface area contributed by atoms with Crippen molar-refractivity contribution in [3.8, 4) is 11.5 Å². The smallest absolute Gasteiger partial charge is 0.234 e. The van der Waals surface area contributed by atoms with E-state index < -0.39 is 0 Å². The third-order valence-corrected chi connectivity index (χ3v) is 2.61. The van der Waals surface area contributed by atoms with E-state index in [1.165, 1.54) is 0 Å². The van der Waals surface area contributed by atoms with Gasteiger partial charge in [-0.05, 0) is 25.6 Å². The van der Waals surface area contributed by atoms with Crippen LogP contribution in [0.5, 0.6) is 11.5 Å². The molecule has 1 rings (SSSR count). The number of carbonyl (C=O) groups excluding carboxylic acids is 1. The molecule has 1 aromatic carbocycles. The van der Waals surface area contributed by atoms with Crippen molar-refractivity contribution >= 4 is 5.91 Å². The van der Waals surface area contributed by atoms with E-state index in [2.05, 4.69) is 5.32 Å². The van der Waals surface area contributed by atoms with E-state index in [-0.39, 0.29) is 11.9 Å². The Kier molecular flexibility index (Phi) is 6.74. The molecule has 0 spiro atoms. The molecule has 1 aromatic rings. The SMILES string of the molecule is CCNC(CCOc1ccccc1OCC)C(N)=O. The number of para-hydroxylation sites is 2. The maximum Gasteiger partial charge on any atom is 0.234 e. The molecule has 5 heteroatoms. The molecule has 0 aliphatic heterocycles. The molecular weight excluding hydrogens is 244 g/mol. The second kappa shape index (κ2) is 8.37. The van der Waals surface area contributed by atoms with Crippen molar-refractivity contribution in [1.29, 1.82) is 0 Å². The van der Waals surface area contributed by atoms with E-state index in [1.54, 1.807) is 0 Å². The summed E-state index contributed by atoms with van der Waals surface area (Å²) in [5.41, 5.74) is 5.30. The summed E-state index contributed by atoms with van der Waals surface area (Å²) in [6, 6.07) is 7.12. The number of benzene rings is 1. The summed E-state index contributed by atoms with van der Waals surface area (Å²) in [6.07, 6.45) is 0.531. The molecule has 1 amide bonds. The van der Waals surface area contributed by atoms with Crippen LogP contribution in [0.15, 0.2) is 24.3 Å². The standard InChI is InChI=1S/C14H22N2O3/c1-3-16-11(14(15)17)9-10-19-13-8-6-5-7-12(13)18-4-2/h5-8,11,16H,3-4,9-10H2,1-2H3,(H2,15,17). The Balaban J connectivity index is 2.50. The van der Waals surface area contributed by atoms with Crippen LogP contribution in [0.4, 0.5) is 0 Å². The van der Waals surface area contributed by atoms with Gasteiger partial charge in [0.15, 0.2) is 11.5 Å². The normalized spacial score (nSPS) is 11.9. The number of rotatable bonds is 9. The highest BCUT2D eigenvalue weighted by molar-refractivity contribution is 5.79. The van der Waals surface area contributed by atoms with E-state index in [0.717, 1.165) is 0 Å². The number of primary amides is 1. The number of carbonyl (C=O) groups is 1. The first kappa shape index (κ1) is 15.3. The van der Waals surface area contributed by atoms with Crippen LogP contribution in [-0.2, 0) is 4.79 Å². The van der Waals surface area contributed by atoms with Gasteiger partial charge in [0.2, 0.25) is 5.91 Å². The highest BCUT2D eigenvalue weighted by atomic mass is 16.5. The molecule has 5 nitrogen and oxygen atoms in total. The quantitative estimate of drug-likeness (QED) is 0.707. The molecule has 0 fully saturated rings. The zero-order valence-corrected chi connectivity index (χ0v) is 11.5. The van der Waals surface area contributed by atoms with Gasteiger partial charge >= 0.3 is 0 Å². The third kappa shape index (κ3) is 5.18. The largest absolute Gasteiger partial charge is 0.490 e. The van der Waals surface area contributed by atoms with Crippen LogP contribution in [-0.4, -0.2) is 31.7 Å². The molecule has 0 bridgehead atoms. The molecule has 3 N–H and O–H groups in total. The molecular formula is C14H22N2O3. The maximum atomic E-state index is 11.2. The number of hydrogen-bond donors (Lipinski definition) is 2. The zero-order valence-electron chi connectivity index (χ0n) is 11.5. The summed E-state index contributed by atoms with van der Waals surface area (Å²) >= 11 is 0. The lowest BCUT2D eigenvalue weighted by Crippen LogP contribution is -2.42. The Labute approximate surface area is 114 Å². The van der Waals surface area contributed by atoms with Crippen molar-refractivity contribution in [1.82, 2.24) is 5.32 Å². The van der Waals surface area contributed by atoms with Crippen LogP contribution in [0, 0.1) is 0 Å². The molecule has 0 aliphatic rings. The van der Waals surface area contributed by atoms with Crippen molar-refractivity contribution in [2.45, 2.75) is 26.3 Å². The first-order chi connectivity index (χ1) is 9.19. The molecule has 106 valence electrons. The molecule has 19 heavy (non-hydrogen) atoms. The van der Waals surface area contributed by atoms with Gasteiger partial charge in [0, 0.05) is 6.42 Å². The van der Waals surface area contributed by atoms with Gasteiger partial charge in [-0.1, -0.05) is 19.1 Å². The molecule has 0 aromatic heterocycles. The highest BCUT2D eigenvalue weighted by Gasteiger charge is 2.14. The minimum absolute atomic E-state index is 0.357. The summed E-state index contributed by atoms with van der Waals surface area (Å²) in [5, 5.41) is 3.02. The average molecular weight is 266 g/mol. The first-order valence-electron chi connectivity index (χ1n) is 6.56. The van der Waals surface area contributed by atoms with Gasteiger partial charge in [-0.2, -0.15) is 0 Å². The predicted octanol–water partition coefficient (Wildman–Crippen LogP) is 1.32. The Morgan fingerprint density at radius 1 is 1.26 bits per heavy atom. The van der Waals surface area contributed by atoms with Crippen molar-refractivity contribution in [3.05, 3.63) is 24.3 Å². The van der Waals surface area contributed by atoms with Crippen LogP contribution in [0.2, 0.25) is 0 Å². The van der Waals surface area contributed by atoms with Gasteiger partial charge in [0.1, 0.15) is 0 Å². The van der Waals surface area contributed by atoms with E-state index in [4.69, 9.17) is 15.2 Å².